The Hall–Kier alpha value is -0.470. The minimum absolute atomic E-state index is 0.240. The van der Waals surface area contributed by atoms with Gasteiger partial charge in [-0.15, -0.1) is 11.3 Å². The van der Waals surface area contributed by atoms with Crippen molar-refractivity contribution in [2.45, 2.75) is 31.0 Å². The fourth-order valence-electron chi connectivity index (χ4n) is 2.76. The lowest BCUT2D eigenvalue weighted by atomic mass is 10.0. The van der Waals surface area contributed by atoms with Gasteiger partial charge in [0.25, 0.3) is 0 Å². The first kappa shape index (κ1) is 17.9. The molecule has 0 aromatic carbocycles. The molecule has 1 N–H and O–H groups in total. The number of piperazine rings is 1. The van der Waals surface area contributed by atoms with Gasteiger partial charge < -0.3 is 4.90 Å². The van der Waals surface area contributed by atoms with E-state index in [0.717, 1.165) is 31.1 Å². The Bertz CT molecular complexity index is 575. The average molecular weight is 346 g/mol. The minimum atomic E-state index is -3.39. The van der Waals surface area contributed by atoms with Crippen LogP contribution < -0.4 is 4.72 Å². The second-order valence-corrected chi connectivity index (χ2v) is 9.65. The molecule has 0 bridgehead atoms. The zero-order chi connectivity index (χ0) is 16.3. The summed E-state index contributed by atoms with van der Waals surface area (Å²) >= 11 is 1.32. The molecule has 1 atom stereocenters. The highest BCUT2D eigenvalue weighted by atomic mass is 32.2. The standard InChI is InChI=1S/C15H27N3O2S2/c1-12(2)14(18-9-7-17(4)8-10-18)11-16-22(19,20)15-6-5-13(3)21-15/h5-6,12,14,16H,7-11H2,1-4H3. The molecule has 2 rings (SSSR count). The lowest BCUT2D eigenvalue weighted by Crippen LogP contribution is -2.54. The molecular weight excluding hydrogens is 318 g/mol. The first-order valence-electron chi connectivity index (χ1n) is 7.78. The number of rotatable bonds is 6. The largest absolute Gasteiger partial charge is 0.304 e. The van der Waals surface area contributed by atoms with E-state index in [2.05, 4.69) is 35.4 Å². The molecule has 1 aromatic heterocycles. The molecule has 1 saturated heterocycles. The van der Waals surface area contributed by atoms with Crippen molar-refractivity contribution in [1.82, 2.24) is 14.5 Å². The van der Waals surface area contributed by atoms with Crippen LogP contribution in [-0.4, -0.2) is 64.0 Å². The summed E-state index contributed by atoms with van der Waals surface area (Å²) in [4.78, 5) is 5.74. The van der Waals surface area contributed by atoms with Gasteiger partial charge in [0.1, 0.15) is 4.21 Å². The van der Waals surface area contributed by atoms with Crippen LogP contribution in [0.3, 0.4) is 0 Å². The molecule has 0 spiro atoms. The fraction of sp³-hybridized carbons (Fsp3) is 0.733. The maximum atomic E-state index is 12.4. The van der Waals surface area contributed by atoms with Gasteiger partial charge in [-0.1, -0.05) is 13.8 Å². The van der Waals surface area contributed by atoms with Gasteiger partial charge in [-0.25, -0.2) is 13.1 Å². The Morgan fingerprint density at radius 2 is 1.86 bits per heavy atom. The van der Waals surface area contributed by atoms with Crippen LogP contribution in [-0.2, 0) is 10.0 Å². The Kier molecular flexibility index (Phi) is 6.01. The highest BCUT2D eigenvalue weighted by Crippen LogP contribution is 2.21. The van der Waals surface area contributed by atoms with Gasteiger partial charge in [0.15, 0.2) is 0 Å². The molecule has 0 radical (unpaired) electrons. The summed E-state index contributed by atoms with van der Waals surface area (Å²) < 4.78 is 28.0. The number of nitrogens with one attached hydrogen (secondary N) is 1. The summed E-state index contributed by atoms with van der Waals surface area (Å²) in [6, 6.07) is 3.77. The maximum Gasteiger partial charge on any atom is 0.250 e. The number of nitrogens with zero attached hydrogens (tertiary/aromatic N) is 2. The van der Waals surface area contributed by atoms with Gasteiger partial charge in [-0.2, -0.15) is 0 Å². The van der Waals surface area contributed by atoms with Crippen molar-refractivity contribution in [2.75, 3.05) is 39.8 Å². The van der Waals surface area contributed by atoms with Gasteiger partial charge in [0, 0.05) is 43.6 Å². The second-order valence-electron chi connectivity index (χ2n) is 6.37. The molecule has 126 valence electrons. The molecule has 22 heavy (non-hydrogen) atoms. The van der Waals surface area contributed by atoms with E-state index in [1.54, 1.807) is 6.07 Å². The number of aryl methyl sites for hydroxylation is 1. The molecular formula is C15H27N3O2S2. The molecule has 7 heteroatoms. The van der Waals surface area contributed by atoms with Crippen LogP contribution in [0.4, 0.5) is 0 Å². The van der Waals surface area contributed by atoms with Crippen LogP contribution in [0.15, 0.2) is 16.3 Å². The van der Waals surface area contributed by atoms with E-state index in [1.165, 1.54) is 11.3 Å². The zero-order valence-corrected chi connectivity index (χ0v) is 15.5. The topological polar surface area (TPSA) is 52.7 Å². The SMILES string of the molecule is Cc1ccc(S(=O)(=O)NCC(C(C)C)N2CCN(C)CC2)s1. The van der Waals surface area contributed by atoms with Crippen LogP contribution in [0.25, 0.3) is 0 Å². The minimum Gasteiger partial charge on any atom is -0.304 e. The van der Waals surface area contributed by atoms with Gasteiger partial charge in [0.2, 0.25) is 10.0 Å². The lowest BCUT2D eigenvalue weighted by Gasteiger charge is -2.39. The summed E-state index contributed by atoms with van der Waals surface area (Å²) in [6.45, 7) is 10.8. The van der Waals surface area contributed by atoms with E-state index in [-0.39, 0.29) is 6.04 Å². The number of sulfonamides is 1. The molecule has 2 heterocycles. The van der Waals surface area contributed by atoms with Crippen LogP contribution >= 0.6 is 11.3 Å². The summed E-state index contributed by atoms with van der Waals surface area (Å²) in [5, 5.41) is 0. The predicted octanol–water partition coefficient (Wildman–Crippen LogP) is 1.61. The van der Waals surface area contributed by atoms with Crippen molar-refractivity contribution in [3.63, 3.8) is 0 Å². The number of likely N-dealkylation sites (N-methyl/N-ethyl adjacent to an activating group) is 1. The van der Waals surface area contributed by atoms with Crippen LogP contribution in [0, 0.1) is 12.8 Å². The number of hydrogen-bond acceptors (Lipinski definition) is 5. The Labute approximate surface area is 138 Å². The predicted molar refractivity (Wildman–Crippen MR) is 91.9 cm³/mol. The van der Waals surface area contributed by atoms with E-state index in [1.807, 2.05) is 13.0 Å². The molecule has 5 nitrogen and oxygen atoms in total. The van der Waals surface area contributed by atoms with Crippen molar-refractivity contribution in [1.29, 1.82) is 0 Å². The van der Waals surface area contributed by atoms with E-state index in [0.29, 0.717) is 16.7 Å². The molecule has 1 unspecified atom stereocenters. The van der Waals surface area contributed by atoms with E-state index >= 15 is 0 Å². The monoisotopic (exact) mass is 345 g/mol. The van der Waals surface area contributed by atoms with Gasteiger partial charge in [-0.3, -0.25) is 4.90 Å². The molecule has 0 amide bonds. The average Bonchev–Trinajstić information content (AvgIpc) is 2.88. The molecule has 1 aromatic rings. The third-order valence-electron chi connectivity index (χ3n) is 4.24. The van der Waals surface area contributed by atoms with Crippen molar-refractivity contribution >= 4 is 21.4 Å². The molecule has 1 aliphatic rings. The van der Waals surface area contributed by atoms with E-state index in [4.69, 9.17) is 0 Å². The van der Waals surface area contributed by atoms with Gasteiger partial charge >= 0.3 is 0 Å². The van der Waals surface area contributed by atoms with Gasteiger partial charge in [-0.05, 0) is 32.0 Å². The lowest BCUT2D eigenvalue weighted by molar-refractivity contribution is 0.0905. The highest BCUT2D eigenvalue weighted by molar-refractivity contribution is 7.91. The van der Waals surface area contributed by atoms with Crippen LogP contribution in [0.2, 0.25) is 0 Å². The third kappa shape index (κ3) is 4.52. The molecule has 0 saturated carbocycles. The molecule has 1 aliphatic heterocycles. The first-order valence-corrected chi connectivity index (χ1v) is 10.1. The van der Waals surface area contributed by atoms with Crippen molar-refractivity contribution in [3.8, 4) is 0 Å². The fourth-order valence-corrected chi connectivity index (χ4v) is 5.14. The Morgan fingerprint density at radius 1 is 1.23 bits per heavy atom. The van der Waals surface area contributed by atoms with Crippen molar-refractivity contribution in [2.24, 2.45) is 5.92 Å². The van der Waals surface area contributed by atoms with Gasteiger partial charge in [0.05, 0.1) is 0 Å². The van der Waals surface area contributed by atoms with Crippen molar-refractivity contribution < 1.29 is 8.42 Å². The van der Waals surface area contributed by atoms with Crippen molar-refractivity contribution in [3.05, 3.63) is 17.0 Å². The Balaban J connectivity index is 2.00. The van der Waals surface area contributed by atoms with Crippen LogP contribution in [0.5, 0.6) is 0 Å². The quantitative estimate of drug-likeness (QED) is 0.851. The summed E-state index contributed by atoms with van der Waals surface area (Å²) in [5.41, 5.74) is 0. The third-order valence-corrected chi connectivity index (χ3v) is 7.16. The number of hydrogen-bond donors (Lipinski definition) is 1. The second kappa shape index (κ2) is 7.40. The zero-order valence-electron chi connectivity index (χ0n) is 13.9. The summed E-state index contributed by atoms with van der Waals surface area (Å²) in [7, 11) is -1.26. The van der Waals surface area contributed by atoms with Crippen LogP contribution in [0.1, 0.15) is 18.7 Å². The smallest absolute Gasteiger partial charge is 0.250 e. The molecule has 0 aliphatic carbocycles. The first-order chi connectivity index (χ1) is 10.3. The maximum absolute atomic E-state index is 12.4. The normalized spacial score (nSPS) is 19.7. The summed E-state index contributed by atoms with van der Waals surface area (Å²) in [6.07, 6.45) is 0. The van der Waals surface area contributed by atoms with E-state index < -0.39 is 10.0 Å². The highest BCUT2D eigenvalue weighted by Gasteiger charge is 2.27. The summed E-state index contributed by atoms with van der Waals surface area (Å²) in [5.74, 6) is 0.413. The van der Waals surface area contributed by atoms with E-state index in [9.17, 15) is 8.42 Å². The molecule has 1 fully saturated rings. The number of thiophene rings is 1. The Morgan fingerprint density at radius 3 is 2.36 bits per heavy atom.